The van der Waals surface area contributed by atoms with Crippen molar-refractivity contribution in [1.29, 1.82) is 0 Å². The average Bonchev–Trinajstić information content (AvgIpc) is 2.83. The zero-order valence-electron chi connectivity index (χ0n) is 26.3. The van der Waals surface area contributed by atoms with Crippen molar-refractivity contribution in [3.8, 4) is 0 Å². The summed E-state index contributed by atoms with van der Waals surface area (Å²) in [6.07, 6.45) is 3.45. The quantitative estimate of drug-likeness (QED) is 0.175. The molecule has 0 aromatic heterocycles. The van der Waals surface area contributed by atoms with Crippen molar-refractivity contribution in [3.63, 3.8) is 0 Å². The zero-order valence-corrected chi connectivity index (χ0v) is 27.9. The van der Waals surface area contributed by atoms with Gasteiger partial charge in [0.2, 0.25) is 0 Å². The maximum absolute atomic E-state index is 11.1. The van der Waals surface area contributed by atoms with Crippen LogP contribution in [0, 0.1) is 27.7 Å². The molecular weight excluding hydrogens is 580 g/mol. The van der Waals surface area contributed by atoms with Gasteiger partial charge in [0, 0.05) is 13.1 Å². The van der Waals surface area contributed by atoms with E-state index >= 15 is 0 Å². The summed E-state index contributed by atoms with van der Waals surface area (Å²) in [6.45, 7) is 14.9. The third-order valence-corrected chi connectivity index (χ3v) is 5.90. The van der Waals surface area contributed by atoms with Crippen LogP contribution in [-0.4, -0.2) is 66.1 Å². The lowest BCUT2D eigenvalue weighted by Crippen LogP contribution is -2.21. The van der Waals surface area contributed by atoms with Gasteiger partial charge in [0.1, 0.15) is 0 Å². The molecule has 42 heavy (non-hydrogen) atoms. The number of nitrogens with one attached hydrogen (secondary N) is 1. The van der Waals surface area contributed by atoms with Gasteiger partial charge in [-0.2, -0.15) is 8.42 Å². The molecule has 2 rings (SSSR count). The second-order valence-corrected chi connectivity index (χ2v) is 11.3. The highest BCUT2D eigenvalue weighted by Gasteiger charge is 2.03. The Kier molecular flexibility index (Phi) is 23.8. The summed E-state index contributed by atoms with van der Waals surface area (Å²) >= 11 is 0. The van der Waals surface area contributed by atoms with Crippen molar-refractivity contribution in [1.82, 2.24) is 5.32 Å². The topological polar surface area (TPSA) is 134 Å². The van der Waals surface area contributed by atoms with Crippen molar-refractivity contribution in [3.05, 3.63) is 69.8 Å². The van der Waals surface area contributed by atoms with Crippen LogP contribution < -0.4 is 11.1 Å². The Morgan fingerprint density at radius 3 is 1.57 bits per heavy atom. The lowest BCUT2D eigenvalue weighted by atomic mass is 10.1. The molecule has 0 heterocycles. The lowest BCUT2D eigenvalue weighted by Gasteiger charge is -2.07. The third-order valence-electron chi connectivity index (χ3n) is 5.31. The molecule has 0 unspecified atom stereocenters. The van der Waals surface area contributed by atoms with Crippen LogP contribution in [-0.2, 0) is 46.2 Å². The minimum absolute atomic E-state index is 0. The summed E-state index contributed by atoms with van der Waals surface area (Å²) in [5.41, 5.74) is 12.5. The normalized spacial score (nSPS) is 10.3. The first-order chi connectivity index (χ1) is 19.3. The first-order valence-corrected chi connectivity index (χ1v) is 15.8. The molecule has 9 nitrogen and oxygen atoms in total. The second-order valence-electron chi connectivity index (χ2n) is 9.67. The van der Waals surface area contributed by atoms with Gasteiger partial charge in [-0.15, -0.1) is 12.4 Å². The van der Waals surface area contributed by atoms with E-state index < -0.39 is 10.1 Å². The first kappa shape index (κ1) is 41.6. The number of carbonyl (C=O) groups is 2. The third kappa shape index (κ3) is 24.1. The molecule has 0 amide bonds. The van der Waals surface area contributed by atoms with Gasteiger partial charge in [0.15, 0.2) is 0 Å². The fourth-order valence-corrected chi connectivity index (χ4v) is 4.26. The molecule has 0 atom stereocenters. The van der Waals surface area contributed by atoms with Crippen LogP contribution in [0.1, 0.15) is 60.1 Å². The van der Waals surface area contributed by atoms with Gasteiger partial charge >= 0.3 is 11.9 Å². The van der Waals surface area contributed by atoms with E-state index in [9.17, 15) is 18.0 Å². The summed E-state index contributed by atoms with van der Waals surface area (Å²) < 4.78 is 35.6. The van der Waals surface area contributed by atoms with Crippen molar-refractivity contribution < 1.29 is 31.7 Å². The molecule has 0 radical (unpaired) electrons. The molecule has 0 aliphatic rings. The van der Waals surface area contributed by atoms with Gasteiger partial charge in [-0.3, -0.25) is 13.8 Å². The molecule has 0 bridgehead atoms. The van der Waals surface area contributed by atoms with Gasteiger partial charge < -0.3 is 20.5 Å². The minimum atomic E-state index is -3.31. The molecule has 2 aromatic carbocycles. The van der Waals surface area contributed by atoms with Crippen molar-refractivity contribution in [2.75, 3.05) is 45.7 Å². The molecular formula is C31H51ClN2O7S. The molecule has 0 saturated carbocycles. The van der Waals surface area contributed by atoms with Gasteiger partial charge in [-0.25, -0.2) is 0 Å². The Labute approximate surface area is 259 Å². The van der Waals surface area contributed by atoms with E-state index in [4.69, 9.17) is 10.5 Å². The summed E-state index contributed by atoms with van der Waals surface area (Å²) in [5.74, 6) is -0.341. The molecule has 0 aliphatic carbocycles. The smallest absolute Gasteiger partial charge is 0.307 e. The summed E-state index contributed by atoms with van der Waals surface area (Å²) in [4.78, 5) is 21.4. The van der Waals surface area contributed by atoms with Crippen LogP contribution in [0.15, 0.2) is 36.4 Å². The predicted molar refractivity (Wildman–Crippen MR) is 172 cm³/mol. The van der Waals surface area contributed by atoms with Gasteiger partial charge in [0.25, 0.3) is 10.1 Å². The maximum Gasteiger partial charge on any atom is 0.307 e. The van der Waals surface area contributed by atoms with Crippen LogP contribution in [0.2, 0.25) is 0 Å². The van der Waals surface area contributed by atoms with Gasteiger partial charge in [0.05, 0.1) is 38.9 Å². The van der Waals surface area contributed by atoms with E-state index in [1.54, 1.807) is 6.92 Å². The molecule has 0 fully saturated rings. The Morgan fingerprint density at radius 2 is 1.17 bits per heavy atom. The van der Waals surface area contributed by atoms with Crippen LogP contribution in [0.3, 0.4) is 0 Å². The largest absolute Gasteiger partial charge is 0.466 e. The first-order valence-electron chi connectivity index (χ1n) is 14.0. The van der Waals surface area contributed by atoms with E-state index in [1.807, 2.05) is 32.9 Å². The van der Waals surface area contributed by atoms with E-state index in [2.05, 4.69) is 52.3 Å². The Bertz CT molecular complexity index is 1110. The number of esters is 2. The van der Waals surface area contributed by atoms with Crippen LogP contribution in [0.4, 0.5) is 0 Å². The maximum atomic E-state index is 11.1. The molecule has 3 N–H and O–H groups in total. The van der Waals surface area contributed by atoms with Crippen molar-refractivity contribution in [2.45, 2.75) is 67.2 Å². The fourth-order valence-electron chi connectivity index (χ4n) is 3.87. The standard InChI is InChI=1S/C15H23NO2.C11H16O3S.C5H11NO2.ClH/c1-4-18-15(17)6-8-16-7-5-14-10-12(2)9-13(3)11-14;1-9-6-10(2)8-11(7-9)4-5-14-15(3,12)13;1-2-8-5(7)3-4-6;/h9-11,16H,4-8H2,1-3H3;6-8H,4-5H2,1-3H3;2-4,6H2,1H3;1H. The SMILES string of the molecule is CCOC(=O)CCN.CCOC(=O)CCNCCc1cc(C)cc(C)c1.Cc1cc(C)cc(CCOS(C)(=O)=O)c1.Cl. The molecule has 0 spiro atoms. The zero-order chi connectivity index (χ0) is 31.3. The number of halogens is 1. The van der Waals surface area contributed by atoms with Crippen molar-refractivity contribution >= 4 is 34.5 Å². The monoisotopic (exact) mass is 630 g/mol. The number of aryl methyl sites for hydroxylation is 4. The highest BCUT2D eigenvalue weighted by molar-refractivity contribution is 7.85. The number of hydrogen-bond donors (Lipinski definition) is 2. The molecule has 0 saturated heterocycles. The van der Waals surface area contributed by atoms with Crippen LogP contribution in [0.5, 0.6) is 0 Å². The number of ether oxygens (including phenoxy) is 2. The number of benzene rings is 2. The van der Waals surface area contributed by atoms with E-state index in [0.29, 0.717) is 45.6 Å². The summed E-state index contributed by atoms with van der Waals surface area (Å²) in [6, 6.07) is 12.8. The molecule has 2 aromatic rings. The van der Waals surface area contributed by atoms with E-state index in [0.717, 1.165) is 24.8 Å². The van der Waals surface area contributed by atoms with E-state index in [-0.39, 0.29) is 31.0 Å². The second kappa shape index (κ2) is 24.0. The molecule has 11 heteroatoms. The van der Waals surface area contributed by atoms with Crippen LogP contribution >= 0.6 is 12.4 Å². The van der Waals surface area contributed by atoms with E-state index in [1.165, 1.54) is 27.8 Å². The van der Waals surface area contributed by atoms with Crippen LogP contribution in [0.25, 0.3) is 0 Å². The summed E-state index contributed by atoms with van der Waals surface area (Å²) in [7, 11) is -3.31. The average molecular weight is 631 g/mol. The summed E-state index contributed by atoms with van der Waals surface area (Å²) in [5, 5.41) is 3.26. The number of rotatable bonds is 14. The highest BCUT2D eigenvalue weighted by Crippen LogP contribution is 2.10. The molecule has 0 aliphatic heterocycles. The number of nitrogens with two attached hydrogens (primary N) is 1. The van der Waals surface area contributed by atoms with Crippen molar-refractivity contribution in [2.24, 2.45) is 5.73 Å². The van der Waals surface area contributed by atoms with Gasteiger partial charge in [-0.1, -0.05) is 58.7 Å². The number of carbonyl (C=O) groups excluding carboxylic acids is 2. The molecule has 240 valence electrons. The van der Waals surface area contributed by atoms with Gasteiger partial charge in [-0.05, 0) is 72.1 Å². The lowest BCUT2D eigenvalue weighted by molar-refractivity contribution is -0.143. The Hall–Kier alpha value is -2.50. The number of hydrogen-bond acceptors (Lipinski definition) is 9. The highest BCUT2D eigenvalue weighted by atomic mass is 35.5. The minimum Gasteiger partial charge on any atom is -0.466 e. The Morgan fingerprint density at radius 1 is 0.738 bits per heavy atom. The predicted octanol–water partition coefficient (Wildman–Crippen LogP) is 4.53. The Balaban J connectivity index is 0. The fraction of sp³-hybridized carbons (Fsp3) is 0.548.